The molecule has 1 aromatic carbocycles. The van der Waals surface area contributed by atoms with E-state index in [1.165, 1.54) is 0 Å². The van der Waals surface area contributed by atoms with E-state index in [0.29, 0.717) is 6.42 Å². The molecule has 0 bridgehead atoms. The predicted octanol–water partition coefficient (Wildman–Crippen LogP) is 1.01. The van der Waals surface area contributed by atoms with Crippen molar-refractivity contribution >= 4 is 5.97 Å². The van der Waals surface area contributed by atoms with Crippen molar-refractivity contribution in [1.82, 2.24) is 0 Å². The fraction of sp³-hybridized carbons (Fsp3) is 0.364. The Kier molecular flexibility index (Phi) is 2.60. The molecule has 2 atom stereocenters. The molecule has 0 amide bonds. The Hall–Kier alpha value is -1.55. The summed E-state index contributed by atoms with van der Waals surface area (Å²) in [5, 5.41) is 0. The maximum Gasteiger partial charge on any atom is 0.323 e. The van der Waals surface area contributed by atoms with Crippen LogP contribution in [0, 0.1) is 0 Å². The van der Waals surface area contributed by atoms with Gasteiger partial charge in [0, 0.05) is 12.0 Å². The molecule has 1 aliphatic rings. The average Bonchev–Trinajstić information content (AvgIpc) is 2.59. The van der Waals surface area contributed by atoms with Crippen molar-refractivity contribution < 1.29 is 14.3 Å². The van der Waals surface area contributed by atoms with Crippen molar-refractivity contribution in [1.29, 1.82) is 0 Å². The number of para-hydroxylation sites is 1. The lowest BCUT2D eigenvalue weighted by Crippen LogP contribution is -2.24. The van der Waals surface area contributed by atoms with Crippen LogP contribution in [0.25, 0.3) is 0 Å². The summed E-state index contributed by atoms with van der Waals surface area (Å²) in [5.41, 5.74) is 6.46. The van der Waals surface area contributed by atoms with Gasteiger partial charge in [-0.1, -0.05) is 18.2 Å². The van der Waals surface area contributed by atoms with E-state index in [0.717, 1.165) is 11.3 Å². The zero-order valence-corrected chi connectivity index (χ0v) is 8.47. The van der Waals surface area contributed by atoms with Crippen LogP contribution in [0.15, 0.2) is 24.3 Å². The fourth-order valence-corrected chi connectivity index (χ4v) is 1.73. The molecule has 4 heteroatoms. The van der Waals surface area contributed by atoms with Crippen LogP contribution in [-0.2, 0) is 9.53 Å². The monoisotopic (exact) mass is 207 g/mol. The molecule has 0 saturated carbocycles. The highest BCUT2D eigenvalue weighted by Crippen LogP contribution is 2.34. The Morgan fingerprint density at radius 3 is 2.80 bits per heavy atom. The summed E-state index contributed by atoms with van der Waals surface area (Å²) >= 11 is 0. The molecular weight excluding hydrogens is 194 g/mol. The van der Waals surface area contributed by atoms with E-state index in [4.69, 9.17) is 15.2 Å². The summed E-state index contributed by atoms with van der Waals surface area (Å²) < 4.78 is 10.4. The molecule has 80 valence electrons. The first kappa shape index (κ1) is 9.98. The second-order valence-corrected chi connectivity index (χ2v) is 3.51. The lowest BCUT2D eigenvalue weighted by atomic mass is 10.0. The lowest BCUT2D eigenvalue weighted by molar-refractivity contribution is -0.142. The van der Waals surface area contributed by atoms with E-state index in [1.807, 2.05) is 24.3 Å². The largest absolute Gasteiger partial charge is 0.496 e. The summed E-state index contributed by atoms with van der Waals surface area (Å²) in [6.45, 7) is 0. The minimum atomic E-state index is -0.514. The molecule has 15 heavy (non-hydrogen) atoms. The number of methoxy groups -OCH3 is 1. The lowest BCUT2D eigenvalue weighted by Gasteiger charge is -2.13. The van der Waals surface area contributed by atoms with E-state index < -0.39 is 6.04 Å². The van der Waals surface area contributed by atoms with Crippen molar-refractivity contribution in [2.75, 3.05) is 7.11 Å². The summed E-state index contributed by atoms with van der Waals surface area (Å²) in [6, 6.07) is 6.97. The Balaban J connectivity index is 2.27. The summed E-state index contributed by atoms with van der Waals surface area (Å²) in [5.74, 6) is 0.385. The van der Waals surface area contributed by atoms with E-state index in [-0.39, 0.29) is 12.1 Å². The molecule has 0 aliphatic carbocycles. The number of benzene rings is 1. The third-order valence-corrected chi connectivity index (χ3v) is 2.51. The number of ether oxygens (including phenoxy) is 2. The molecular formula is C11H13NO3. The molecule has 1 heterocycles. The van der Waals surface area contributed by atoms with Crippen LogP contribution in [0.5, 0.6) is 5.75 Å². The predicted molar refractivity (Wildman–Crippen MR) is 54.4 cm³/mol. The van der Waals surface area contributed by atoms with Crippen LogP contribution in [0.4, 0.5) is 0 Å². The highest BCUT2D eigenvalue weighted by Gasteiger charge is 2.33. The first-order valence-corrected chi connectivity index (χ1v) is 4.81. The van der Waals surface area contributed by atoms with Gasteiger partial charge in [0.15, 0.2) is 0 Å². The van der Waals surface area contributed by atoms with Crippen LogP contribution in [0.1, 0.15) is 18.1 Å². The smallest absolute Gasteiger partial charge is 0.323 e. The van der Waals surface area contributed by atoms with Gasteiger partial charge in [0.25, 0.3) is 0 Å². The molecule has 1 aliphatic heterocycles. The number of esters is 1. The Morgan fingerprint density at radius 2 is 2.20 bits per heavy atom. The number of nitrogens with two attached hydrogens (primary N) is 1. The topological polar surface area (TPSA) is 61.5 Å². The minimum absolute atomic E-state index is 0.274. The quantitative estimate of drug-likeness (QED) is 0.735. The number of rotatable bonds is 2. The van der Waals surface area contributed by atoms with Crippen LogP contribution in [0.2, 0.25) is 0 Å². The number of hydrogen-bond acceptors (Lipinski definition) is 4. The van der Waals surface area contributed by atoms with Crippen molar-refractivity contribution in [3.63, 3.8) is 0 Å². The van der Waals surface area contributed by atoms with Crippen LogP contribution >= 0.6 is 0 Å². The van der Waals surface area contributed by atoms with Crippen molar-refractivity contribution in [3.8, 4) is 5.75 Å². The maximum atomic E-state index is 11.2. The van der Waals surface area contributed by atoms with Gasteiger partial charge in [-0.15, -0.1) is 0 Å². The maximum absolute atomic E-state index is 11.2. The molecule has 1 aromatic rings. The van der Waals surface area contributed by atoms with Gasteiger partial charge in [-0.25, -0.2) is 0 Å². The fourth-order valence-electron chi connectivity index (χ4n) is 1.73. The van der Waals surface area contributed by atoms with E-state index in [9.17, 15) is 4.79 Å². The number of carbonyl (C=O) groups is 1. The van der Waals surface area contributed by atoms with Gasteiger partial charge < -0.3 is 15.2 Å². The normalized spacial score (nSPS) is 25.1. The highest BCUT2D eigenvalue weighted by atomic mass is 16.6. The zero-order chi connectivity index (χ0) is 10.8. The number of cyclic esters (lactones) is 1. The first-order valence-electron chi connectivity index (χ1n) is 4.81. The second kappa shape index (κ2) is 3.90. The van der Waals surface area contributed by atoms with Gasteiger partial charge in [-0.05, 0) is 6.07 Å². The van der Waals surface area contributed by atoms with E-state index in [2.05, 4.69) is 0 Å². The van der Waals surface area contributed by atoms with Gasteiger partial charge in [-0.2, -0.15) is 0 Å². The average molecular weight is 207 g/mol. The SMILES string of the molecule is COc1ccccc1C1CC(N)C(=O)O1. The van der Waals surface area contributed by atoms with Gasteiger partial charge in [0.05, 0.1) is 7.11 Å². The molecule has 1 saturated heterocycles. The van der Waals surface area contributed by atoms with Gasteiger partial charge in [-0.3, -0.25) is 4.79 Å². The Labute approximate surface area is 88.0 Å². The minimum Gasteiger partial charge on any atom is -0.496 e. The molecule has 0 spiro atoms. The number of carbonyl (C=O) groups excluding carboxylic acids is 1. The molecule has 0 aromatic heterocycles. The van der Waals surface area contributed by atoms with Gasteiger partial charge >= 0.3 is 5.97 Å². The Morgan fingerprint density at radius 1 is 1.47 bits per heavy atom. The second-order valence-electron chi connectivity index (χ2n) is 3.51. The van der Waals surface area contributed by atoms with Crippen molar-refractivity contribution in [2.24, 2.45) is 5.73 Å². The summed E-state index contributed by atoms with van der Waals surface area (Å²) in [6.07, 6.45) is 0.239. The molecule has 2 unspecified atom stereocenters. The summed E-state index contributed by atoms with van der Waals surface area (Å²) in [7, 11) is 1.59. The third kappa shape index (κ3) is 1.80. The molecule has 2 N–H and O–H groups in total. The van der Waals surface area contributed by atoms with Gasteiger partial charge in [0.2, 0.25) is 0 Å². The zero-order valence-electron chi connectivity index (χ0n) is 8.47. The standard InChI is InChI=1S/C11H13NO3/c1-14-9-5-3-2-4-7(9)10-6-8(12)11(13)15-10/h2-5,8,10H,6,12H2,1H3. The Bertz CT molecular complexity index is 378. The van der Waals surface area contributed by atoms with Crippen LogP contribution in [0.3, 0.4) is 0 Å². The van der Waals surface area contributed by atoms with Crippen molar-refractivity contribution in [3.05, 3.63) is 29.8 Å². The van der Waals surface area contributed by atoms with E-state index >= 15 is 0 Å². The number of hydrogen-bond donors (Lipinski definition) is 1. The van der Waals surface area contributed by atoms with Crippen LogP contribution in [-0.4, -0.2) is 19.1 Å². The highest BCUT2D eigenvalue weighted by molar-refractivity contribution is 5.78. The van der Waals surface area contributed by atoms with Crippen LogP contribution < -0.4 is 10.5 Å². The molecule has 2 rings (SSSR count). The third-order valence-electron chi connectivity index (χ3n) is 2.51. The van der Waals surface area contributed by atoms with Crippen molar-refractivity contribution in [2.45, 2.75) is 18.6 Å². The molecule has 4 nitrogen and oxygen atoms in total. The molecule has 0 radical (unpaired) electrons. The molecule has 1 fully saturated rings. The first-order chi connectivity index (χ1) is 7.22. The summed E-state index contributed by atoms with van der Waals surface area (Å²) in [4.78, 5) is 11.2. The van der Waals surface area contributed by atoms with Gasteiger partial charge in [0.1, 0.15) is 17.9 Å². The van der Waals surface area contributed by atoms with E-state index in [1.54, 1.807) is 7.11 Å².